The van der Waals surface area contributed by atoms with Gasteiger partial charge in [0.1, 0.15) is 12.2 Å². The van der Waals surface area contributed by atoms with E-state index in [0.29, 0.717) is 23.2 Å². The average molecular weight is 384 g/mol. The number of tetrazole rings is 1. The van der Waals surface area contributed by atoms with Gasteiger partial charge in [-0.2, -0.15) is 9.78 Å². The molecule has 4 rings (SSSR count). The van der Waals surface area contributed by atoms with Crippen LogP contribution in [0.15, 0.2) is 57.7 Å². The number of halogens is 1. The maximum atomic E-state index is 5.22. The minimum Gasteiger partial charge on any atom is -0.337 e. The Labute approximate surface area is 144 Å². The summed E-state index contributed by atoms with van der Waals surface area (Å²) in [5.41, 5.74) is 1.53. The van der Waals surface area contributed by atoms with E-state index < -0.39 is 0 Å². The lowest BCUT2D eigenvalue weighted by atomic mass is 10.2. The SMILES string of the molecule is Brc1ccc(-c2nnn(Cc3nc(-c4ccccn4)no3)n2)cc1. The number of nitrogens with zero attached hydrogens (tertiary/aromatic N) is 7. The quantitative estimate of drug-likeness (QED) is 0.534. The Kier molecular flexibility index (Phi) is 3.83. The molecule has 0 spiro atoms. The third-order valence-electron chi connectivity index (χ3n) is 3.19. The van der Waals surface area contributed by atoms with Crippen LogP contribution in [0.2, 0.25) is 0 Å². The molecule has 0 saturated heterocycles. The number of rotatable bonds is 4. The minimum absolute atomic E-state index is 0.239. The first-order valence-corrected chi connectivity index (χ1v) is 7.85. The zero-order chi connectivity index (χ0) is 16.4. The molecule has 0 amide bonds. The number of hydrogen-bond acceptors (Lipinski definition) is 7. The smallest absolute Gasteiger partial charge is 0.250 e. The van der Waals surface area contributed by atoms with Crippen LogP contribution in [0.3, 0.4) is 0 Å². The van der Waals surface area contributed by atoms with Gasteiger partial charge in [-0.25, -0.2) is 0 Å². The Hall–Kier alpha value is -2.94. The van der Waals surface area contributed by atoms with Crippen LogP contribution in [0.5, 0.6) is 0 Å². The topological polar surface area (TPSA) is 95.4 Å². The molecule has 0 bridgehead atoms. The minimum atomic E-state index is 0.239. The highest BCUT2D eigenvalue weighted by atomic mass is 79.9. The monoisotopic (exact) mass is 383 g/mol. The van der Waals surface area contributed by atoms with E-state index in [-0.39, 0.29) is 6.54 Å². The van der Waals surface area contributed by atoms with E-state index in [1.54, 1.807) is 6.20 Å². The largest absolute Gasteiger partial charge is 0.337 e. The summed E-state index contributed by atoms with van der Waals surface area (Å²) < 4.78 is 6.21. The van der Waals surface area contributed by atoms with Gasteiger partial charge in [0.2, 0.25) is 11.6 Å². The van der Waals surface area contributed by atoms with E-state index in [1.165, 1.54) is 4.80 Å². The van der Waals surface area contributed by atoms with Gasteiger partial charge in [0, 0.05) is 16.2 Å². The Morgan fingerprint density at radius 1 is 1.04 bits per heavy atom. The number of pyridine rings is 1. The lowest BCUT2D eigenvalue weighted by Gasteiger charge is -1.94. The van der Waals surface area contributed by atoms with Gasteiger partial charge < -0.3 is 4.52 Å². The van der Waals surface area contributed by atoms with Crippen molar-refractivity contribution in [3.63, 3.8) is 0 Å². The average Bonchev–Trinajstić information content (AvgIpc) is 3.27. The van der Waals surface area contributed by atoms with Crippen LogP contribution in [0.1, 0.15) is 5.89 Å². The fourth-order valence-corrected chi connectivity index (χ4v) is 2.33. The van der Waals surface area contributed by atoms with E-state index in [2.05, 4.69) is 46.5 Å². The third kappa shape index (κ3) is 3.06. The summed E-state index contributed by atoms with van der Waals surface area (Å²) >= 11 is 3.39. The molecule has 3 aromatic heterocycles. The fraction of sp³-hybridized carbons (Fsp3) is 0.0667. The maximum Gasteiger partial charge on any atom is 0.250 e. The Morgan fingerprint density at radius 2 is 1.92 bits per heavy atom. The predicted octanol–water partition coefficient (Wildman–Crippen LogP) is 2.60. The van der Waals surface area contributed by atoms with E-state index >= 15 is 0 Å². The first-order chi connectivity index (χ1) is 11.8. The molecular formula is C15H10BrN7O. The number of hydrogen-bond donors (Lipinski definition) is 0. The van der Waals surface area contributed by atoms with Gasteiger partial charge in [-0.3, -0.25) is 4.98 Å². The fourth-order valence-electron chi connectivity index (χ4n) is 2.06. The van der Waals surface area contributed by atoms with Gasteiger partial charge in [-0.15, -0.1) is 10.2 Å². The van der Waals surface area contributed by atoms with Crippen LogP contribution in [0, 0.1) is 0 Å². The summed E-state index contributed by atoms with van der Waals surface area (Å²) in [6.45, 7) is 0.239. The van der Waals surface area contributed by atoms with E-state index in [1.807, 2.05) is 42.5 Å². The highest BCUT2D eigenvalue weighted by Gasteiger charge is 2.12. The summed E-state index contributed by atoms with van der Waals surface area (Å²) in [7, 11) is 0. The van der Waals surface area contributed by atoms with Crippen LogP contribution in [0.4, 0.5) is 0 Å². The lowest BCUT2D eigenvalue weighted by Crippen LogP contribution is -2.04. The van der Waals surface area contributed by atoms with Gasteiger partial charge in [-0.05, 0) is 41.6 Å². The normalized spacial score (nSPS) is 10.9. The molecular weight excluding hydrogens is 374 g/mol. The van der Waals surface area contributed by atoms with Gasteiger partial charge in [0.05, 0.1) is 0 Å². The molecule has 9 heteroatoms. The molecule has 118 valence electrons. The van der Waals surface area contributed by atoms with Crippen molar-refractivity contribution < 1.29 is 4.52 Å². The van der Waals surface area contributed by atoms with Crippen LogP contribution < -0.4 is 0 Å². The highest BCUT2D eigenvalue weighted by molar-refractivity contribution is 9.10. The summed E-state index contributed by atoms with van der Waals surface area (Å²) in [4.78, 5) is 9.89. The van der Waals surface area contributed by atoms with Crippen molar-refractivity contribution in [2.45, 2.75) is 6.54 Å². The van der Waals surface area contributed by atoms with Crippen molar-refractivity contribution >= 4 is 15.9 Å². The van der Waals surface area contributed by atoms with Crippen molar-refractivity contribution in [1.29, 1.82) is 0 Å². The van der Waals surface area contributed by atoms with Crippen LogP contribution in [-0.2, 0) is 6.54 Å². The molecule has 0 atom stereocenters. The van der Waals surface area contributed by atoms with Crippen LogP contribution >= 0.6 is 15.9 Å². The molecule has 4 aromatic rings. The standard InChI is InChI=1S/C15H10BrN7O/c16-11-6-4-10(5-7-11)14-19-22-23(20-14)9-13-18-15(21-24-13)12-3-1-2-8-17-12/h1-8H,9H2. The van der Waals surface area contributed by atoms with Crippen LogP contribution in [-0.4, -0.2) is 35.3 Å². The molecule has 1 aromatic carbocycles. The molecule has 3 heterocycles. The van der Waals surface area contributed by atoms with Gasteiger partial charge in [0.15, 0.2) is 0 Å². The molecule has 0 fully saturated rings. The summed E-state index contributed by atoms with van der Waals surface area (Å²) in [5.74, 6) is 1.35. The molecule has 24 heavy (non-hydrogen) atoms. The van der Waals surface area contributed by atoms with Crippen molar-refractivity contribution in [3.05, 3.63) is 59.0 Å². The van der Waals surface area contributed by atoms with Crippen molar-refractivity contribution in [2.75, 3.05) is 0 Å². The van der Waals surface area contributed by atoms with Crippen molar-refractivity contribution in [1.82, 2.24) is 35.3 Å². The van der Waals surface area contributed by atoms with Gasteiger partial charge >= 0.3 is 0 Å². The molecule has 0 aliphatic carbocycles. The highest BCUT2D eigenvalue weighted by Crippen LogP contribution is 2.18. The Balaban J connectivity index is 1.52. The van der Waals surface area contributed by atoms with E-state index in [4.69, 9.17) is 4.52 Å². The molecule has 0 unspecified atom stereocenters. The summed E-state index contributed by atoms with van der Waals surface area (Å²) in [6.07, 6.45) is 1.68. The Morgan fingerprint density at radius 3 is 2.71 bits per heavy atom. The second-order valence-corrected chi connectivity index (χ2v) is 5.79. The Bertz CT molecular complexity index is 949. The number of benzene rings is 1. The zero-order valence-corrected chi connectivity index (χ0v) is 13.8. The molecule has 0 radical (unpaired) electrons. The van der Waals surface area contributed by atoms with Crippen molar-refractivity contribution in [2.24, 2.45) is 0 Å². The lowest BCUT2D eigenvalue weighted by molar-refractivity contribution is 0.356. The first-order valence-electron chi connectivity index (χ1n) is 7.06. The van der Waals surface area contributed by atoms with Gasteiger partial charge in [-0.1, -0.05) is 27.2 Å². The molecule has 0 aliphatic heterocycles. The van der Waals surface area contributed by atoms with E-state index in [9.17, 15) is 0 Å². The predicted molar refractivity (Wildman–Crippen MR) is 87.6 cm³/mol. The molecule has 8 nitrogen and oxygen atoms in total. The third-order valence-corrected chi connectivity index (χ3v) is 3.72. The zero-order valence-electron chi connectivity index (χ0n) is 12.2. The molecule has 0 saturated carbocycles. The molecule has 0 aliphatic rings. The second kappa shape index (κ2) is 6.28. The summed E-state index contributed by atoms with van der Waals surface area (Å²) in [5, 5.41) is 16.3. The van der Waals surface area contributed by atoms with Crippen molar-refractivity contribution in [3.8, 4) is 22.9 Å². The second-order valence-electron chi connectivity index (χ2n) is 4.88. The van der Waals surface area contributed by atoms with Crippen LogP contribution in [0.25, 0.3) is 22.9 Å². The molecule has 0 N–H and O–H groups in total. The van der Waals surface area contributed by atoms with E-state index in [0.717, 1.165) is 10.0 Å². The van der Waals surface area contributed by atoms with Gasteiger partial charge in [0.25, 0.3) is 5.89 Å². The summed E-state index contributed by atoms with van der Waals surface area (Å²) in [6, 6.07) is 13.2. The first kappa shape index (κ1) is 14.6. The number of aromatic nitrogens is 7. The maximum absolute atomic E-state index is 5.22.